The van der Waals surface area contributed by atoms with Crippen molar-refractivity contribution in [1.82, 2.24) is 9.80 Å². The van der Waals surface area contributed by atoms with E-state index in [1.165, 1.54) is 5.56 Å². The molecule has 0 aliphatic carbocycles. The predicted molar refractivity (Wildman–Crippen MR) is 99.5 cm³/mol. The van der Waals surface area contributed by atoms with Crippen LogP contribution in [0, 0.1) is 5.92 Å². The van der Waals surface area contributed by atoms with E-state index in [9.17, 15) is 4.79 Å². The van der Waals surface area contributed by atoms with Crippen LogP contribution < -0.4 is 5.73 Å². The van der Waals surface area contributed by atoms with Crippen molar-refractivity contribution in [3.63, 3.8) is 0 Å². The van der Waals surface area contributed by atoms with Gasteiger partial charge in [-0.25, -0.2) is 0 Å². The molecular formula is C20H33N3O. The van der Waals surface area contributed by atoms with Crippen molar-refractivity contribution in [2.75, 3.05) is 13.1 Å². The molecule has 1 aromatic rings. The van der Waals surface area contributed by atoms with Crippen molar-refractivity contribution in [3.8, 4) is 0 Å². The summed E-state index contributed by atoms with van der Waals surface area (Å²) in [4.78, 5) is 17.1. The normalized spacial score (nSPS) is 20.0. The molecule has 1 heterocycles. The average Bonchev–Trinajstić information content (AvgIpc) is 2.59. The number of benzene rings is 1. The molecule has 1 fully saturated rings. The molecule has 0 bridgehead atoms. The van der Waals surface area contributed by atoms with Gasteiger partial charge in [-0.15, -0.1) is 0 Å². The fourth-order valence-corrected chi connectivity index (χ4v) is 3.45. The van der Waals surface area contributed by atoms with Crippen LogP contribution in [0.1, 0.15) is 46.1 Å². The van der Waals surface area contributed by atoms with Crippen molar-refractivity contribution < 1.29 is 4.79 Å². The van der Waals surface area contributed by atoms with E-state index in [0.29, 0.717) is 12.1 Å². The molecule has 1 aliphatic rings. The first-order valence-corrected chi connectivity index (χ1v) is 9.24. The van der Waals surface area contributed by atoms with Crippen LogP contribution in [0.15, 0.2) is 30.3 Å². The van der Waals surface area contributed by atoms with Crippen LogP contribution in [0.4, 0.5) is 0 Å². The lowest BCUT2D eigenvalue weighted by Gasteiger charge is -2.42. The predicted octanol–water partition coefficient (Wildman–Crippen LogP) is 2.87. The third-order valence-corrected chi connectivity index (χ3v) is 5.05. The number of carbonyl (C=O) groups is 1. The van der Waals surface area contributed by atoms with Gasteiger partial charge in [-0.05, 0) is 38.2 Å². The summed E-state index contributed by atoms with van der Waals surface area (Å²) in [6.07, 6.45) is 2.20. The number of nitrogens with zero attached hydrogens (tertiary/aromatic N) is 2. The van der Waals surface area contributed by atoms with E-state index in [1.54, 1.807) is 0 Å². The Morgan fingerprint density at radius 1 is 1.25 bits per heavy atom. The van der Waals surface area contributed by atoms with Gasteiger partial charge in [-0.3, -0.25) is 9.69 Å². The average molecular weight is 332 g/mol. The number of rotatable bonds is 6. The minimum absolute atomic E-state index is 0.109. The molecule has 4 nitrogen and oxygen atoms in total. The second-order valence-corrected chi connectivity index (χ2v) is 7.60. The maximum atomic E-state index is 12.6. The number of hydrogen-bond donors (Lipinski definition) is 1. The zero-order chi connectivity index (χ0) is 17.7. The van der Waals surface area contributed by atoms with Gasteiger partial charge < -0.3 is 10.6 Å². The van der Waals surface area contributed by atoms with E-state index in [0.717, 1.165) is 32.5 Å². The van der Waals surface area contributed by atoms with Crippen LogP contribution >= 0.6 is 0 Å². The van der Waals surface area contributed by atoms with Crippen LogP contribution in [0.3, 0.4) is 0 Å². The molecule has 2 atom stereocenters. The fourth-order valence-electron chi connectivity index (χ4n) is 3.45. The number of likely N-dealkylation sites (tertiary alicyclic amines) is 1. The molecule has 134 valence electrons. The number of nitrogens with two attached hydrogens (primary N) is 1. The summed E-state index contributed by atoms with van der Waals surface area (Å²) < 4.78 is 0. The largest absolute Gasteiger partial charge is 0.340 e. The van der Waals surface area contributed by atoms with Crippen LogP contribution in [0.25, 0.3) is 0 Å². The van der Waals surface area contributed by atoms with Gasteiger partial charge in [-0.2, -0.15) is 0 Å². The lowest BCUT2D eigenvalue weighted by Crippen LogP contribution is -2.55. The molecule has 2 N–H and O–H groups in total. The maximum absolute atomic E-state index is 12.6. The molecule has 0 spiro atoms. The highest BCUT2D eigenvalue weighted by atomic mass is 16.2. The van der Waals surface area contributed by atoms with Gasteiger partial charge in [0.2, 0.25) is 5.91 Å². The van der Waals surface area contributed by atoms with E-state index in [4.69, 9.17) is 5.73 Å². The Kier molecular flexibility index (Phi) is 6.81. The molecule has 4 heteroatoms. The Balaban J connectivity index is 2.06. The molecule has 1 amide bonds. The quantitative estimate of drug-likeness (QED) is 0.872. The molecule has 1 saturated heterocycles. The van der Waals surface area contributed by atoms with E-state index >= 15 is 0 Å². The van der Waals surface area contributed by atoms with Gasteiger partial charge >= 0.3 is 0 Å². The summed E-state index contributed by atoms with van der Waals surface area (Å²) in [5, 5.41) is 0. The zero-order valence-corrected chi connectivity index (χ0v) is 15.6. The third kappa shape index (κ3) is 4.81. The van der Waals surface area contributed by atoms with Gasteiger partial charge in [-0.1, -0.05) is 44.2 Å². The Bertz CT molecular complexity index is 515. The number of hydrogen-bond acceptors (Lipinski definition) is 3. The van der Waals surface area contributed by atoms with Crippen molar-refractivity contribution in [3.05, 3.63) is 35.9 Å². The fraction of sp³-hybridized carbons (Fsp3) is 0.650. The van der Waals surface area contributed by atoms with Crippen LogP contribution in [0.5, 0.6) is 0 Å². The van der Waals surface area contributed by atoms with Gasteiger partial charge in [0.05, 0.1) is 6.04 Å². The summed E-state index contributed by atoms with van der Waals surface area (Å²) >= 11 is 0. The molecular weight excluding hydrogens is 298 g/mol. The molecule has 1 aromatic carbocycles. The minimum Gasteiger partial charge on any atom is -0.340 e. The Labute approximate surface area is 147 Å². The molecule has 0 radical (unpaired) electrons. The first-order valence-electron chi connectivity index (χ1n) is 9.24. The van der Waals surface area contributed by atoms with Gasteiger partial charge in [0, 0.05) is 31.7 Å². The smallest absolute Gasteiger partial charge is 0.239 e. The second kappa shape index (κ2) is 8.63. The number of carbonyl (C=O) groups excluding carboxylic acids is 1. The summed E-state index contributed by atoms with van der Waals surface area (Å²) in [6, 6.07) is 11.1. The molecule has 24 heavy (non-hydrogen) atoms. The monoisotopic (exact) mass is 331 g/mol. The third-order valence-electron chi connectivity index (χ3n) is 5.05. The molecule has 2 rings (SSSR count). The maximum Gasteiger partial charge on any atom is 0.239 e. The van der Waals surface area contributed by atoms with E-state index in [-0.39, 0.29) is 17.9 Å². The topological polar surface area (TPSA) is 49.6 Å². The summed E-state index contributed by atoms with van der Waals surface area (Å²) in [6.45, 7) is 11.1. The summed E-state index contributed by atoms with van der Waals surface area (Å²) in [5.41, 5.74) is 7.42. The van der Waals surface area contributed by atoms with Crippen molar-refractivity contribution >= 4 is 5.91 Å². The van der Waals surface area contributed by atoms with Crippen LogP contribution in [0.2, 0.25) is 0 Å². The SMILES string of the molecule is CC(C)[C@H](N)C(=O)N1CCC[C@@H](N(Cc2ccccc2)C(C)C)C1. The first-order chi connectivity index (χ1) is 11.4. The van der Waals surface area contributed by atoms with Crippen LogP contribution in [-0.4, -0.2) is 46.9 Å². The van der Waals surface area contributed by atoms with Crippen molar-refractivity contribution in [2.45, 2.75) is 65.2 Å². The lowest BCUT2D eigenvalue weighted by molar-refractivity contribution is -0.136. The van der Waals surface area contributed by atoms with Crippen molar-refractivity contribution in [2.24, 2.45) is 11.7 Å². The molecule has 0 unspecified atom stereocenters. The first kappa shape index (κ1) is 18.9. The zero-order valence-electron chi connectivity index (χ0n) is 15.6. The lowest BCUT2D eigenvalue weighted by atomic mass is 9.98. The highest BCUT2D eigenvalue weighted by Crippen LogP contribution is 2.21. The molecule has 1 aliphatic heterocycles. The Morgan fingerprint density at radius 3 is 2.50 bits per heavy atom. The highest BCUT2D eigenvalue weighted by Gasteiger charge is 2.31. The Morgan fingerprint density at radius 2 is 1.92 bits per heavy atom. The van der Waals surface area contributed by atoms with Crippen molar-refractivity contribution in [1.29, 1.82) is 0 Å². The van der Waals surface area contributed by atoms with Crippen LogP contribution in [-0.2, 0) is 11.3 Å². The van der Waals surface area contributed by atoms with E-state index in [2.05, 4.69) is 49.1 Å². The van der Waals surface area contributed by atoms with Gasteiger partial charge in [0.25, 0.3) is 0 Å². The highest BCUT2D eigenvalue weighted by molar-refractivity contribution is 5.82. The number of piperidine rings is 1. The van der Waals surface area contributed by atoms with Gasteiger partial charge in [0.1, 0.15) is 0 Å². The standard InChI is InChI=1S/C20H33N3O/c1-15(2)19(21)20(24)22-12-8-11-18(14-22)23(16(3)4)13-17-9-6-5-7-10-17/h5-7,9-10,15-16,18-19H,8,11-14,21H2,1-4H3/t18-,19+/m1/s1. The van der Waals surface area contributed by atoms with Gasteiger partial charge in [0.15, 0.2) is 0 Å². The Hall–Kier alpha value is -1.39. The molecule has 0 saturated carbocycles. The number of amides is 1. The van der Waals surface area contributed by atoms with E-state index in [1.807, 2.05) is 18.7 Å². The minimum atomic E-state index is -0.384. The molecule has 0 aromatic heterocycles. The summed E-state index contributed by atoms with van der Waals surface area (Å²) in [7, 11) is 0. The van der Waals surface area contributed by atoms with E-state index < -0.39 is 0 Å². The summed E-state index contributed by atoms with van der Waals surface area (Å²) in [5.74, 6) is 0.293. The second-order valence-electron chi connectivity index (χ2n) is 7.60.